The first kappa shape index (κ1) is 36.6. The Morgan fingerprint density at radius 3 is 1.96 bits per heavy atom. The molecule has 5 atom stereocenters. The van der Waals surface area contributed by atoms with Gasteiger partial charge in [0.25, 0.3) is 0 Å². The zero-order valence-corrected chi connectivity index (χ0v) is 30.1. The van der Waals surface area contributed by atoms with E-state index in [9.17, 15) is 14.4 Å². The molecule has 6 heteroatoms. The molecule has 2 aromatic carbocycles. The van der Waals surface area contributed by atoms with Crippen LogP contribution in [0.15, 0.2) is 102 Å². The average molecular weight is 653 g/mol. The summed E-state index contributed by atoms with van der Waals surface area (Å²) < 4.78 is 17.1. The number of Topliss-reactive ketones (excluding diaryl/α,β-unsaturated/α-hetero) is 1. The lowest BCUT2D eigenvalue weighted by Gasteiger charge is -2.13. The van der Waals surface area contributed by atoms with Crippen molar-refractivity contribution in [2.75, 3.05) is 0 Å². The summed E-state index contributed by atoms with van der Waals surface area (Å²) in [6, 6.07) is 17.3. The first-order valence-electron chi connectivity index (χ1n) is 16.9. The number of hydrogen-bond acceptors (Lipinski definition) is 6. The molecule has 3 aliphatic carbocycles. The van der Waals surface area contributed by atoms with E-state index < -0.39 is 6.10 Å². The zero-order valence-electron chi connectivity index (χ0n) is 30.1. The molecule has 5 unspecified atom stereocenters. The van der Waals surface area contributed by atoms with Gasteiger partial charge in [0, 0.05) is 5.57 Å². The number of para-hydroxylation sites is 1. The van der Waals surface area contributed by atoms with E-state index in [0.29, 0.717) is 6.42 Å². The molecule has 0 aromatic heterocycles. The Kier molecular flexibility index (Phi) is 11.4. The van der Waals surface area contributed by atoms with Gasteiger partial charge in [-0.15, -0.1) is 6.58 Å². The normalized spacial score (nSPS) is 24.4. The van der Waals surface area contributed by atoms with Gasteiger partial charge in [-0.25, -0.2) is 0 Å². The number of esters is 2. The lowest BCUT2D eigenvalue weighted by atomic mass is 10.1. The van der Waals surface area contributed by atoms with Crippen molar-refractivity contribution in [3.05, 3.63) is 107 Å². The highest BCUT2D eigenvalue weighted by Crippen LogP contribution is 2.60. The van der Waals surface area contributed by atoms with Crippen LogP contribution < -0.4 is 4.74 Å². The number of carbonyl (C=O) groups is 3. The number of benzene rings is 2. The summed E-state index contributed by atoms with van der Waals surface area (Å²) in [6.07, 6.45) is 6.49. The summed E-state index contributed by atoms with van der Waals surface area (Å²) in [6.45, 7) is 22.5. The van der Waals surface area contributed by atoms with Gasteiger partial charge in [-0.2, -0.15) is 0 Å². The van der Waals surface area contributed by atoms with Crippen LogP contribution in [0.1, 0.15) is 80.7 Å². The summed E-state index contributed by atoms with van der Waals surface area (Å²) >= 11 is 0. The van der Waals surface area contributed by atoms with Gasteiger partial charge in [0.15, 0.2) is 5.78 Å². The van der Waals surface area contributed by atoms with E-state index in [-0.39, 0.29) is 65.3 Å². The van der Waals surface area contributed by atoms with Crippen LogP contribution in [0.3, 0.4) is 0 Å². The smallest absolute Gasteiger partial charge is 0.310 e. The van der Waals surface area contributed by atoms with Crippen molar-refractivity contribution in [1.29, 1.82) is 0 Å². The van der Waals surface area contributed by atoms with Crippen LogP contribution in [0, 0.1) is 34.5 Å². The van der Waals surface area contributed by atoms with Crippen molar-refractivity contribution >= 4 is 17.7 Å². The lowest BCUT2D eigenvalue weighted by molar-refractivity contribution is -0.150. The second-order valence-electron chi connectivity index (χ2n) is 15.0. The summed E-state index contributed by atoms with van der Waals surface area (Å²) in [7, 11) is 0. The molecule has 2 aromatic rings. The molecule has 0 heterocycles. The number of rotatable bonds is 11. The third-order valence-electron chi connectivity index (χ3n) is 9.89. The van der Waals surface area contributed by atoms with Gasteiger partial charge in [-0.1, -0.05) is 87.4 Å². The van der Waals surface area contributed by atoms with Crippen LogP contribution in [0.2, 0.25) is 0 Å². The van der Waals surface area contributed by atoms with Gasteiger partial charge in [0.2, 0.25) is 0 Å². The predicted molar refractivity (Wildman–Crippen MR) is 190 cm³/mol. The predicted octanol–water partition coefficient (Wildman–Crippen LogP) is 9.76. The molecule has 0 aliphatic heterocycles. The molecule has 2 fully saturated rings. The first-order chi connectivity index (χ1) is 22.6. The molecule has 0 radical (unpaired) electrons. The summed E-state index contributed by atoms with van der Waals surface area (Å²) in [4.78, 5) is 36.9. The van der Waals surface area contributed by atoms with E-state index in [1.807, 2.05) is 75.4 Å². The Morgan fingerprint density at radius 1 is 0.833 bits per heavy atom. The summed E-state index contributed by atoms with van der Waals surface area (Å²) in [5, 5.41) is 0. The average Bonchev–Trinajstić information content (AvgIpc) is 3.72. The molecule has 0 N–H and O–H groups in total. The third kappa shape index (κ3) is 8.63. The Balaban J connectivity index is 0.000000220. The minimum atomic E-state index is -0.390. The van der Waals surface area contributed by atoms with Crippen molar-refractivity contribution in [2.45, 2.75) is 87.9 Å². The number of carbonyl (C=O) groups excluding carboxylic acids is 3. The molecule has 0 bridgehead atoms. The van der Waals surface area contributed by atoms with Crippen molar-refractivity contribution in [2.24, 2.45) is 34.5 Å². The van der Waals surface area contributed by atoms with E-state index in [1.165, 1.54) is 11.1 Å². The molecular formula is C42H52O6. The topological polar surface area (TPSA) is 78.9 Å². The summed E-state index contributed by atoms with van der Waals surface area (Å²) in [5.41, 5.74) is 4.94. The fraction of sp³-hybridized carbons (Fsp3) is 0.452. The van der Waals surface area contributed by atoms with Crippen molar-refractivity contribution in [3.8, 4) is 11.5 Å². The molecule has 3 aliphatic rings. The number of ether oxygens (including phenoxy) is 3. The van der Waals surface area contributed by atoms with Gasteiger partial charge >= 0.3 is 11.9 Å². The SMILES string of the molecule is C=CCC1=C(C)C(OC(=O)C2C(C=C(C)C)C2(C)C)CC1=O.CC(C)=CC1C(C(=O)OCc2cccc(Oc3ccccc3)c2)C1(C)C. The third-order valence-corrected chi connectivity index (χ3v) is 9.89. The van der Waals surface area contributed by atoms with E-state index >= 15 is 0 Å². The second-order valence-corrected chi connectivity index (χ2v) is 15.0. The zero-order chi connectivity index (χ0) is 35.4. The van der Waals surface area contributed by atoms with Crippen molar-refractivity contribution in [3.63, 3.8) is 0 Å². The first-order valence-corrected chi connectivity index (χ1v) is 16.9. The van der Waals surface area contributed by atoms with Gasteiger partial charge in [-0.3, -0.25) is 14.4 Å². The molecule has 0 amide bonds. The molecule has 0 saturated heterocycles. The maximum Gasteiger partial charge on any atom is 0.310 e. The Hall–Kier alpha value is -4.19. The fourth-order valence-corrected chi connectivity index (χ4v) is 6.79. The molecule has 0 spiro atoms. The molecule has 48 heavy (non-hydrogen) atoms. The van der Waals surface area contributed by atoms with Crippen LogP contribution >= 0.6 is 0 Å². The summed E-state index contributed by atoms with van der Waals surface area (Å²) in [5.74, 6) is 1.65. The standard InChI is InChI=1S/C23H26O3.C19H26O3/c1-16(2)13-20-21(23(20,3)4)22(24)25-15-17-9-8-12-19(14-17)26-18-10-6-5-7-11-18;1-7-8-13-12(4)16(10-15(13)20)22-18(21)17-14(9-11(2)3)19(17,5)6/h5-14,20-21H,15H2,1-4H3;7,9,14,16-17H,1,8,10H2,2-6H3. The largest absolute Gasteiger partial charge is 0.461 e. The quantitative estimate of drug-likeness (QED) is 0.178. The van der Waals surface area contributed by atoms with Crippen LogP contribution in [0.5, 0.6) is 11.5 Å². The lowest BCUT2D eigenvalue weighted by Crippen LogP contribution is -2.20. The molecular weight excluding hydrogens is 600 g/mol. The molecule has 6 nitrogen and oxygen atoms in total. The molecule has 2 saturated carbocycles. The van der Waals surface area contributed by atoms with E-state index in [2.05, 4.69) is 60.3 Å². The van der Waals surface area contributed by atoms with E-state index in [4.69, 9.17) is 14.2 Å². The number of hydrogen-bond donors (Lipinski definition) is 0. The van der Waals surface area contributed by atoms with Gasteiger partial charge in [0.1, 0.15) is 24.2 Å². The Morgan fingerprint density at radius 2 is 1.40 bits per heavy atom. The highest BCUT2D eigenvalue weighted by Gasteiger charge is 2.62. The minimum absolute atomic E-state index is 0.0212. The Bertz CT molecular complexity index is 1610. The number of allylic oxidation sites excluding steroid dienone is 6. The minimum Gasteiger partial charge on any atom is -0.461 e. The highest BCUT2D eigenvalue weighted by atomic mass is 16.5. The van der Waals surface area contributed by atoms with Crippen LogP contribution in [-0.2, 0) is 30.5 Å². The van der Waals surface area contributed by atoms with Gasteiger partial charge < -0.3 is 14.2 Å². The fourth-order valence-electron chi connectivity index (χ4n) is 6.79. The maximum absolute atomic E-state index is 12.5. The molecule has 5 rings (SSSR count). The van der Waals surface area contributed by atoms with Crippen LogP contribution in [0.25, 0.3) is 0 Å². The van der Waals surface area contributed by atoms with Crippen LogP contribution in [0.4, 0.5) is 0 Å². The van der Waals surface area contributed by atoms with Gasteiger partial charge in [-0.05, 0) is 99.1 Å². The molecule has 256 valence electrons. The second kappa shape index (κ2) is 14.9. The van der Waals surface area contributed by atoms with E-state index in [0.717, 1.165) is 28.2 Å². The highest BCUT2D eigenvalue weighted by molar-refractivity contribution is 6.00. The van der Waals surface area contributed by atoms with Gasteiger partial charge in [0.05, 0.1) is 18.3 Å². The monoisotopic (exact) mass is 652 g/mol. The van der Waals surface area contributed by atoms with Crippen LogP contribution in [-0.4, -0.2) is 23.8 Å². The maximum atomic E-state index is 12.5. The number of ketones is 1. The Labute approximate surface area is 286 Å². The van der Waals surface area contributed by atoms with E-state index in [1.54, 1.807) is 6.08 Å². The van der Waals surface area contributed by atoms with Crippen molar-refractivity contribution in [1.82, 2.24) is 0 Å². The van der Waals surface area contributed by atoms with Crippen molar-refractivity contribution < 1.29 is 28.6 Å².